The first-order chi connectivity index (χ1) is 15.5. The number of hydrogen-bond acceptors (Lipinski definition) is 4. The summed E-state index contributed by atoms with van der Waals surface area (Å²) in [6.07, 6.45) is 1.02. The Labute approximate surface area is 205 Å². The van der Waals surface area contributed by atoms with Crippen LogP contribution in [0.25, 0.3) is 6.08 Å². The molecule has 0 aliphatic rings. The average Bonchev–Trinajstić information content (AvgIpc) is 2.66. The van der Waals surface area contributed by atoms with Crippen LogP contribution in [0.4, 0.5) is 4.79 Å². The second-order valence-corrected chi connectivity index (χ2v) is 11.2. The predicted molar refractivity (Wildman–Crippen MR) is 137 cm³/mol. The lowest BCUT2D eigenvalue weighted by Gasteiger charge is -2.43. The Morgan fingerprint density at radius 3 is 2.03 bits per heavy atom. The quantitative estimate of drug-likeness (QED) is 0.552. The summed E-state index contributed by atoms with van der Waals surface area (Å²) in [6, 6.07) is 5.51. The third-order valence-electron chi connectivity index (χ3n) is 4.96. The van der Waals surface area contributed by atoms with Crippen LogP contribution in [0, 0.1) is 5.92 Å². The van der Waals surface area contributed by atoms with Gasteiger partial charge in [-0.2, -0.15) is 0 Å². The summed E-state index contributed by atoms with van der Waals surface area (Å²) >= 11 is 0. The van der Waals surface area contributed by atoms with Gasteiger partial charge in [-0.15, -0.1) is 0 Å². The molecule has 0 aromatic heterocycles. The summed E-state index contributed by atoms with van der Waals surface area (Å²) < 4.78 is 5.40. The van der Waals surface area contributed by atoms with Gasteiger partial charge in [0.2, 0.25) is 11.8 Å². The lowest BCUT2D eigenvalue weighted by molar-refractivity contribution is -0.149. The molecule has 190 valence electrons. The lowest BCUT2D eigenvalue weighted by atomic mass is 9.92. The van der Waals surface area contributed by atoms with Gasteiger partial charge in [0, 0.05) is 11.6 Å². The number of amides is 3. The van der Waals surface area contributed by atoms with Gasteiger partial charge in [-0.3, -0.25) is 9.59 Å². The van der Waals surface area contributed by atoms with E-state index in [1.54, 1.807) is 31.7 Å². The lowest BCUT2D eigenvalue weighted by Crippen LogP contribution is -2.60. The van der Waals surface area contributed by atoms with E-state index in [4.69, 9.17) is 4.74 Å². The molecule has 1 aromatic carbocycles. The smallest absolute Gasteiger partial charge is 0.408 e. The highest BCUT2D eigenvalue weighted by molar-refractivity contribution is 5.93. The van der Waals surface area contributed by atoms with Crippen molar-refractivity contribution in [1.82, 2.24) is 15.5 Å². The molecule has 0 fully saturated rings. The van der Waals surface area contributed by atoms with Crippen LogP contribution in [0.2, 0.25) is 0 Å². The van der Waals surface area contributed by atoms with Crippen molar-refractivity contribution in [3.63, 3.8) is 0 Å². The fourth-order valence-electron chi connectivity index (χ4n) is 3.58. The maximum absolute atomic E-state index is 14.0. The van der Waals surface area contributed by atoms with Gasteiger partial charge in [0.05, 0.1) is 0 Å². The number of nitrogens with one attached hydrogen (secondary N) is 2. The second-order valence-electron chi connectivity index (χ2n) is 11.2. The first-order valence-corrected chi connectivity index (χ1v) is 11.8. The summed E-state index contributed by atoms with van der Waals surface area (Å²) in [5.41, 5.74) is 0.0682. The Morgan fingerprint density at radius 2 is 1.59 bits per heavy atom. The molecule has 2 N–H and O–H groups in total. The molecule has 0 aliphatic heterocycles. The van der Waals surface area contributed by atoms with Crippen LogP contribution in [0.3, 0.4) is 0 Å². The summed E-state index contributed by atoms with van der Waals surface area (Å²) in [5.74, 6) is -0.890. The number of hydrogen-bond donors (Lipinski definition) is 2. The largest absolute Gasteiger partial charge is 0.444 e. The minimum absolute atomic E-state index is 0.115. The Hall–Kier alpha value is -2.83. The van der Waals surface area contributed by atoms with Crippen molar-refractivity contribution in [3.05, 3.63) is 42.0 Å². The third kappa shape index (κ3) is 8.50. The minimum Gasteiger partial charge on any atom is -0.444 e. The van der Waals surface area contributed by atoms with Crippen molar-refractivity contribution in [3.8, 4) is 0 Å². The van der Waals surface area contributed by atoms with Crippen LogP contribution in [-0.4, -0.2) is 46.0 Å². The van der Waals surface area contributed by atoms with Crippen molar-refractivity contribution in [1.29, 1.82) is 0 Å². The maximum atomic E-state index is 14.0. The molecule has 1 aromatic rings. The molecule has 34 heavy (non-hydrogen) atoms. The number of ether oxygens (including phenoxy) is 1. The topological polar surface area (TPSA) is 87.7 Å². The number of rotatable bonds is 8. The Balaban J connectivity index is 3.59. The molecule has 0 bridgehead atoms. The first kappa shape index (κ1) is 29.2. The third-order valence-corrected chi connectivity index (χ3v) is 4.96. The normalized spacial score (nSPS) is 13.8. The molecule has 0 aliphatic carbocycles. The predicted octanol–water partition coefficient (Wildman–Crippen LogP) is 5.07. The van der Waals surface area contributed by atoms with E-state index in [2.05, 4.69) is 17.2 Å². The summed E-state index contributed by atoms with van der Waals surface area (Å²) in [6.45, 7) is 22.2. The molecule has 3 amide bonds. The SMILES string of the molecule is C=Cc1cccc(C(C(=O)NC(C)C)N(C(=O)C(NC(=O)OC(C)(C)C)C(C)C)C(C)(C)C)c1. The number of benzene rings is 1. The van der Waals surface area contributed by atoms with Crippen molar-refractivity contribution >= 4 is 24.0 Å². The van der Waals surface area contributed by atoms with Gasteiger partial charge in [0.1, 0.15) is 17.7 Å². The van der Waals surface area contributed by atoms with Gasteiger partial charge in [-0.05, 0) is 78.5 Å². The molecular weight excluding hydrogens is 430 g/mol. The number of alkyl carbamates (subject to hydrolysis) is 1. The molecule has 7 nitrogen and oxygen atoms in total. The van der Waals surface area contributed by atoms with Crippen LogP contribution < -0.4 is 10.6 Å². The van der Waals surface area contributed by atoms with Crippen LogP contribution in [-0.2, 0) is 14.3 Å². The molecule has 0 saturated heterocycles. The maximum Gasteiger partial charge on any atom is 0.408 e. The highest BCUT2D eigenvalue weighted by atomic mass is 16.6. The van der Waals surface area contributed by atoms with Gasteiger partial charge in [-0.1, -0.05) is 44.7 Å². The average molecular weight is 474 g/mol. The second kappa shape index (κ2) is 11.5. The molecule has 7 heteroatoms. The van der Waals surface area contributed by atoms with E-state index in [1.807, 2.05) is 72.7 Å². The minimum atomic E-state index is -0.906. The van der Waals surface area contributed by atoms with Gasteiger partial charge in [-0.25, -0.2) is 4.79 Å². The van der Waals surface area contributed by atoms with Crippen molar-refractivity contribution in [2.24, 2.45) is 5.92 Å². The summed E-state index contributed by atoms with van der Waals surface area (Å²) in [5, 5.41) is 5.69. The Morgan fingerprint density at radius 1 is 1.00 bits per heavy atom. The fourth-order valence-corrected chi connectivity index (χ4v) is 3.58. The number of nitrogens with zero attached hydrogens (tertiary/aromatic N) is 1. The van der Waals surface area contributed by atoms with E-state index in [-0.39, 0.29) is 23.8 Å². The first-order valence-electron chi connectivity index (χ1n) is 11.8. The summed E-state index contributed by atoms with van der Waals surface area (Å²) in [4.78, 5) is 41.7. The standard InChI is InChI=1S/C27H43N3O4/c1-12-19-14-13-15-20(16-19)22(23(31)28-18(4)5)30(26(6,7)8)24(32)21(17(2)3)29-25(33)34-27(9,10)11/h12-18,21-22H,1H2,2-11H3,(H,28,31)(H,29,33). The van der Waals surface area contributed by atoms with E-state index >= 15 is 0 Å². The van der Waals surface area contributed by atoms with E-state index in [0.29, 0.717) is 5.56 Å². The van der Waals surface area contributed by atoms with E-state index in [0.717, 1.165) is 5.56 Å². The van der Waals surface area contributed by atoms with Crippen LogP contribution in [0.1, 0.15) is 86.4 Å². The van der Waals surface area contributed by atoms with Crippen molar-refractivity contribution in [2.75, 3.05) is 0 Å². The van der Waals surface area contributed by atoms with Crippen LogP contribution >= 0.6 is 0 Å². The van der Waals surface area contributed by atoms with Gasteiger partial charge in [0.25, 0.3) is 0 Å². The Bertz CT molecular complexity index is 879. The number of carbonyl (C=O) groups is 3. The summed E-state index contributed by atoms with van der Waals surface area (Å²) in [7, 11) is 0. The zero-order chi connectivity index (χ0) is 26.4. The van der Waals surface area contributed by atoms with Crippen LogP contribution in [0.5, 0.6) is 0 Å². The monoisotopic (exact) mass is 473 g/mol. The zero-order valence-corrected chi connectivity index (χ0v) is 22.5. The van der Waals surface area contributed by atoms with Crippen molar-refractivity contribution < 1.29 is 19.1 Å². The molecule has 0 spiro atoms. The Kier molecular flexibility index (Phi) is 9.91. The molecule has 2 atom stereocenters. The van der Waals surface area contributed by atoms with E-state index < -0.39 is 29.3 Å². The van der Waals surface area contributed by atoms with E-state index in [9.17, 15) is 14.4 Å². The van der Waals surface area contributed by atoms with Gasteiger partial charge < -0.3 is 20.3 Å². The molecule has 0 radical (unpaired) electrons. The van der Waals surface area contributed by atoms with E-state index in [1.165, 1.54) is 0 Å². The number of carbonyl (C=O) groups excluding carboxylic acids is 3. The molecular formula is C27H43N3O4. The molecule has 1 rings (SSSR count). The highest BCUT2D eigenvalue weighted by Gasteiger charge is 2.42. The highest BCUT2D eigenvalue weighted by Crippen LogP contribution is 2.31. The van der Waals surface area contributed by atoms with Gasteiger partial charge in [0.15, 0.2) is 0 Å². The fraction of sp³-hybridized carbons (Fsp3) is 0.593. The molecule has 0 saturated carbocycles. The molecule has 0 heterocycles. The van der Waals surface area contributed by atoms with Crippen molar-refractivity contribution in [2.45, 2.75) is 98.5 Å². The van der Waals surface area contributed by atoms with Gasteiger partial charge >= 0.3 is 6.09 Å². The zero-order valence-electron chi connectivity index (χ0n) is 22.5. The molecule has 2 unspecified atom stereocenters. The van der Waals surface area contributed by atoms with Crippen LogP contribution in [0.15, 0.2) is 30.8 Å².